The Labute approximate surface area is 267 Å². The van der Waals surface area contributed by atoms with Crippen LogP contribution < -0.4 is 5.32 Å². The Bertz CT molecular complexity index is 1940. The van der Waals surface area contributed by atoms with Gasteiger partial charge < -0.3 is 5.32 Å². The summed E-state index contributed by atoms with van der Waals surface area (Å²) < 4.78 is 105. The molecule has 248 valence electrons. The fourth-order valence-electron chi connectivity index (χ4n) is 7.52. The van der Waals surface area contributed by atoms with E-state index in [1.54, 1.807) is 6.08 Å². The fourth-order valence-corrected chi connectivity index (χ4v) is 9.23. The molecule has 1 N–H and O–H groups in total. The van der Waals surface area contributed by atoms with Crippen molar-refractivity contribution in [3.63, 3.8) is 0 Å². The summed E-state index contributed by atoms with van der Waals surface area (Å²) in [6.45, 7) is 1.37. The Hall–Kier alpha value is -3.98. The van der Waals surface area contributed by atoms with Gasteiger partial charge in [0.15, 0.2) is 5.78 Å². The molecule has 0 saturated heterocycles. The van der Waals surface area contributed by atoms with Crippen LogP contribution in [-0.2, 0) is 23.0 Å². The van der Waals surface area contributed by atoms with Gasteiger partial charge >= 0.3 is 0 Å². The Kier molecular flexibility index (Phi) is 7.24. The SMILES string of the molecule is CC1C2=C(Nc3ccc(F)cc3)C=C3CC[C@H](N(C4CC(F)(F)C4)S(=O)(=O)c4ncn(C)n4)C[C@]3(C2)C(=O)c2cc(ccn2)C1(F)F. The summed E-state index contributed by atoms with van der Waals surface area (Å²) in [5.74, 6) is -8.94. The predicted octanol–water partition coefficient (Wildman–Crippen LogP) is 6.00. The number of hydrogen-bond donors (Lipinski definition) is 1. The fraction of sp³-hybridized carbons (Fsp3) is 0.438. The normalized spacial score (nSPS) is 26.9. The first-order chi connectivity index (χ1) is 22.1. The number of ketones is 1. The summed E-state index contributed by atoms with van der Waals surface area (Å²) in [7, 11) is -3.02. The average Bonchev–Trinajstić information content (AvgIpc) is 3.47. The standard InChI is InChI=1S/C32H31F5N6O3S/c1-18-25-16-30(28(44)27-12-20(9-10-38-27)32(18,36)37)13-23(8-3-19(30)11-26(25)40-22-6-4-21(33)5-7-22)43(24-14-31(34,35)15-24)47(45,46)29-39-17-42(2)41-29/h4-7,9-12,17-18,23-24,40H,3,8,13-16H2,1-2H3/t18?,23-,30+/m0/s1. The molecule has 2 aromatic heterocycles. The monoisotopic (exact) mass is 674 g/mol. The third kappa shape index (κ3) is 5.18. The van der Waals surface area contributed by atoms with E-state index in [4.69, 9.17) is 0 Å². The van der Waals surface area contributed by atoms with Crippen LogP contribution in [0.5, 0.6) is 0 Å². The minimum absolute atomic E-state index is 0.149. The van der Waals surface area contributed by atoms with Crippen molar-refractivity contribution in [3.8, 4) is 0 Å². The second-order valence-corrected chi connectivity index (χ2v) is 14.7. The number of nitrogens with one attached hydrogen (secondary N) is 1. The number of rotatable bonds is 6. The molecule has 2 fully saturated rings. The first-order valence-electron chi connectivity index (χ1n) is 15.2. The zero-order chi connectivity index (χ0) is 33.5. The van der Waals surface area contributed by atoms with Gasteiger partial charge in [0.05, 0.1) is 5.41 Å². The number of anilines is 1. The summed E-state index contributed by atoms with van der Waals surface area (Å²) in [4.78, 5) is 22.7. The Balaban J connectivity index is 1.36. The summed E-state index contributed by atoms with van der Waals surface area (Å²) in [6.07, 6.45) is 2.61. The number of Topliss-reactive ketones (excluding diaryl/α,β-unsaturated/α-hetero) is 1. The maximum atomic E-state index is 16.2. The molecule has 1 spiro atoms. The van der Waals surface area contributed by atoms with E-state index < -0.39 is 80.4 Å². The van der Waals surface area contributed by atoms with Crippen molar-refractivity contribution < 1.29 is 35.2 Å². The van der Waals surface area contributed by atoms with Gasteiger partial charge in [-0.1, -0.05) is 12.5 Å². The molecule has 3 atom stereocenters. The van der Waals surface area contributed by atoms with E-state index in [0.29, 0.717) is 17.0 Å². The number of alkyl halides is 4. The summed E-state index contributed by atoms with van der Waals surface area (Å²) in [5.41, 5.74) is -0.486. The van der Waals surface area contributed by atoms with Crippen LogP contribution >= 0.6 is 0 Å². The quantitative estimate of drug-likeness (QED) is 0.320. The van der Waals surface area contributed by atoms with Crippen LogP contribution in [0.25, 0.3) is 0 Å². The van der Waals surface area contributed by atoms with Gasteiger partial charge in [-0.25, -0.2) is 35.4 Å². The first-order valence-corrected chi connectivity index (χ1v) is 16.7. The molecule has 1 unspecified atom stereocenters. The number of nitrogens with zero attached hydrogens (tertiary/aromatic N) is 5. The molecule has 2 saturated carbocycles. The van der Waals surface area contributed by atoms with Gasteiger partial charge in [0.25, 0.3) is 27.0 Å². The Morgan fingerprint density at radius 3 is 2.40 bits per heavy atom. The van der Waals surface area contributed by atoms with Gasteiger partial charge in [0.1, 0.15) is 17.8 Å². The van der Waals surface area contributed by atoms with E-state index in [2.05, 4.69) is 20.4 Å². The van der Waals surface area contributed by atoms with E-state index in [0.717, 1.165) is 22.6 Å². The largest absolute Gasteiger partial charge is 0.356 e. The van der Waals surface area contributed by atoms with E-state index in [1.807, 2.05) is 0 Å². The van der Waals surface area contributed by atoms with Crippen LogP contribution in [-0.4, -0.2) is 56.3 Å². The molecule has 7 rings (SSSR count). The number of benzene rings is 1. The van der Waals surface area contributed by atoms with Crippen LogP contribution in [0.1, 0.15) is 61.5 Å². The highest BCUT2D eigenvalue weighted by molar-refractivity contribution is 7.89. The molecule has 2 heterocycles. The second-order valence-electron chi connectivity index (χ2n) is 13.0. The molecule has 3 aromatic rings. The van der Waals surface area contributed by atoms with Crippen LogP contribution in [0, 0.1) is 17.2 Å². The summed E-state index contributed by atoms with van der Waals surface area (Å²) >= 11 is 0. The van der Waals surface area contributed by atoms with Crippen LogP contribution in [0.3, 0.4) is 0 Å². The van der Waals surface area contributed by atoms with Crippen molar-refractivity contribution in [2.75, 3.05) is 5.32 Å². The van der Waals surface area contributed by atoms with Gasteiger partial charge in [-0.2, -0.15) is 4.31 Å². The number of aryl methyl sites for hydroxylation is 1. The number of carbonyl (C=O) groups excluding carboxylic acids is 1. The minimum atomic E-state index is -4.50. The molecule has 0 radical (unpaired) electrons. The number of halogens is 5. The van der Waals surface area contributed by atoms with Gasteiger partial charge in [-0.3, -0.25) is 14.5 Å². The van der Waals surface area contributed by atoms with Gasteiger partial charge in [0, 0.05) is 61.0 Å². The molecule has 0 aliphatic heterocycles. The molecule has 4 aliphatic rings. The number of carbonyl (C=O) groups is 1. The second kappa shape index (κ2) is 10.8. The smallest absolute Gasteiger partial charge is 0.282 e. The molecule has 4 aliphatic carbocycles. The van der Waals surface area contributed by atoms with E-state index >= 15 is 8.78 Å². The maximum absolute atomic E-state index is 16.2. The number of sulfonamides is 1. The zero-order valence-corrected chi connectivity index (χ0v) is 26.2. The molecular formula is C32H31F5N6O3S. The van der Waals surface area contributed by atoms with E-state index in [1.165, 1.54) is 49.2 Å². The maximum Gasteiger partial charge on any atom is 0.282 e. The lowest BCUT2D eigenvalue weighted by Gasteiger charge is -2.51. The number of fused-ring (bicyclic) bond motifs is 3. The highest BCUT2D eigenvalue weighted by atomic mass is 32.2. The molecule has 4 bridgehead atoms. The molecular weight excluding hydrogens is 643 g/mol. The van der Waals surface area contributed by atoms with Gasteiger partial charge in [0.2, 0.25) is 0 Å². The number of hydrogen-bond acceptors (Lipinski definition) is 7. The lowest BCUT2D eigenvalue weighted by atomic mass is 9.59. The molecule has 0 amide bonds. The van der Waals surface area contributed by atoms with Crippen molar-refractivity contribution in [3.05, 3.63) is 88.9 Å². The Morgan fingerprint density at radius 1 is 1.02 bits per heavy atom. The lowest BCUT2D eigenvalue weighted by molar-refractivity contribution is -0.116. The molecule has 15 heteroatoms. The first kappa shape index (κ1) is 31.6. The lowest BCUT2D eigenvalue weighted by Crippen LogP contribution is -2.59. The topological polar surface area (TPSA) is 110 Å². The third-order valence-electron chi connectivity index (χ3n) is 9.98. The zero-order valence-electron chi connectivity index (χ0n) is 25.4. The van der Waals surface area contributed by atoms with Crippen molar-refractivity contribution >= 4 is 21.5 Å². The van der Waals surface area contributed by atoms with E-state index in [9.17, 15) is 26.4 Å². The van der Waals surface area contributed by atoms with Crippen molar-refractivity contribution in [1.82, 2.24) is 24.1 Å². The predicted molar refractivity (Wildman–Crippen MR) is 159 cm³/mol. The van der Waals surface area contributed by atoms with Crippen LogP contribution in [0.4, 0.5) is 27.6 Å². The van der Waals surface area contributed by atoms with Gasteiger partial charge in [-0.05, 0) is 73.7 Å². The van der Waals surface area contributed by atoms with E-state index in [-0.39, 0.29) is 37.0 Å². The Morgan fingerprint density at radius 2 is 1.74 bits per heavy atom. The van der Waals surface area contributed by atoms with Crippen LogP contribution in [0.2, 0.25) is 0 Å². The molecule has 1 aromatic carbocycles. The number of aromatic nitrogens is 4. The number of allylic oxidation sites excluding steroid dienone is 3. The molecule has 47 heavy (non-hydrogen) atoms. The highest BCUT2D eigenvalue weighted by Gasteiger charge is 2.59. The summed E-state index contributed by atoms with van der Waals surface area (Å²) in [5, 5.41) is 6.55. The highest BCUT2D eigenvalue weighted by Crippen LogP contribution is 2.57. The van der Waals surface area contributed by atoms with Crippen molar-refractivity contribution in [1.29, 1.82) is 0 Å². The average molecular weight is 675 g/mol. The minimum Gasteiger partial charge on any atom is -0.356 e. The number of pyridine rings is 1. The summed E-state index contributed by atoms with van der Waals surface area (Å²) in [6, 6.07) is 5.64. The van der Waals surface area contributed by atoms with Crippen molar-refractivity contribution in [2.24, 2.45) is 18.4 Å². The van der Waals surface area contributed by atoms with Crippen LogP contribution in [0.15, 0.2) is 77.0 Å². The third-order valence-corrected chi connectivity index (χ3v) is 11.8. The van der Waals surface area contributed by atoms with Gasteiger partial charge in [-0.15, -0.1) is 5.10 Å². The van der Waals surface area contributed by atoms with Crippen molar-refractivity contribution in [2.45, 2.75) is 74.5 Å². The molecule has 9 nitrogen and oxygen atoms in total.